The summed E-state index contributed by atoms with van der Waals surface area (Å²) in [6.07, 6.45) is 2.01. The third-order valence-corrected chi connectivity index (χ3v) is 6.11. The Kier molecular flexibility index (Phi) is 5.67. The van der Waals surface area contributed by atoms with Crippen molar-refractivity contribution in [3.05, 3.63) is 47.7 Å². The van der Waals surface area contributed by atoms with Crippen molar-refractivity contribution in [2.24, 2.45) is 0 Å². The number of fused-ring (bicyclic) bond motifs is 2. The van der Waals surface area contributed by atoms with Gasteiger partial charge in [0.05, 0.1) is 17.6 Å². The number of benzene rings is 1. The monoisotopic (exact) mass is 462 g/mol. The molecule has 0 radical (unpaired) electrons. The second kappa shape index (κ2) is 8.66. The van der Waals surface area contributed by atoms with Gasteiger partial charge in [-0.3, -0.25) is 4.79 Å². The number of ether oxygens (including phenoxy) is 2. The molecule has 2 N–H and O–H groups in total. The molecule has 1 aromatic carbocycles. The van der Waals surface area contributed by atoms with Crippen LogP contribution in [0.25, 0.3) is 22.2 Å². The van der Waals surface area contributed by atoms with Crippen LogP contribution in [0.5, 0.6) is 5.88 Å². The summed E-state index contributed by atoms with van der Waals surface area (Å²) < 4.78 is 11.8. The van der Waals surface area contributed by atoms with Gasteiger partial charge in [0.15, 0.2) is 0 Å². The Hall–Kier alpha value is -3.55. The molecule has 1 atom stereocenters. The van der Waals surface area contributed by atoms with Crippen molar-refractivity contribution < 1.29 is 19.1 Å². The summed E-state index contributed by atoms with van der Waals surface area (Å²) in [4.78, 5) is 34.7. The van der Waals surface area contributed by atoms with Gasteiger partial charge in [-0.25, -0.2) is 9.78 Å². The van der Waals surface area contributed by atoms with E-state index in [1.807, 2.05) is 57.2 Å². The number of aromatic amines is 1. The Bertz CT molecular complexity index is 1240. The van der Waals surface area contributed by atoms with E-state index in [0.717, 1.165) is 47.1 Å². The van der Waals surface area contributed by atoms with E-state index >= 15 is 0 Å². The number of carbonyl (C=O) groups excluding carboxylic acids is 2. The van der Waals surface area contributed by atoms with Crippen molar-refractivity contribution in [2.45, 2.75) is 51.7 Å². The molecule has 1 fully saturated rings. The van der Waals surface area contributed by atoms with Gasteiger partial charge in [0.1, 0.15) is 11.7 Å². The number of nitrogens with one attached hydrogen (secondary N) is 2. The first-order chi connectivity index (χ1) is 16.3. The zero-order valence-electron chi connectivity index (χ0n) is 19.8. The summed E-state index contributed by atoms with van der Waals surface area (Å²) >= 11 is 0. The van der Waals surface area contributed by atoms with E-state index in [1.54, 1.807) is 4.90 Å². The predicted octanol–water partition coefficient (Wildman–Crippen LogP) is 4.29. The number of nitrogens with zero attached hydrogens (tertiary/aromatic N) is 2. The van der Waals surface area contributed by atoms with Crippen LogP contribution in [-0.4, -0.2) is 58.2 Å². The summed E-state index contributed by atoms with van der Waals surface area (Å²) in [5.41, 5.74) is 3.70. The largest absolute Gasteiger partial charge is 0.472 e. The number of carbonyl (C=O) groups is 2. The minimum atomic E-state index is -0.529. The van der Waals surface area contributed by atoms with E-state index in [-0.39, 0.29) is 18.1 Å². The van der Waals surface area contributed by atoms with Crippen LogP contribution in [0.1, 0.15) is 49.7 Å². The van der Waals surface area contributed by atoms with Crippen molar-refractivity contribution in [1.29, 1.82) is 0 Å². The van der Waals surface area contributed by atoms with Gasteiger partial charge in [0, 0.05) is 47.9 Å². The zero-order valence-corrected chi connectivity index (χ0v) is 19.8. The number of hydrogen-bond donors (Lipinski definition) is 2. The molecule has 5 rings (SSSR count). The molecule has 8 nitrogen and oxygen atoms in total. The van der Waals surface area contributed by atoms with Crippen molar-refractivity contribution in [3.63, 3.8) is 0 Å². The number of piperidine rings is 1. The van der Waals surface area contributed by atoms with Gasteiger partial charge in [0.2, 0.25) is 5.88 Å². The number of pyridine rings is 1. The maximum absolute atomic E-state index is 12.5. The molecule has 178 valence electrons. The molecule has 1 unspecified atom stereocenters. The molecule has 4 heterocycles. The van der Waals surface area contributed by atoms with Gasteiger partial charge in [-0.05, 0) is 45.7 Å². The van der Waals surface area contributed by atoms with Crippen LogP contribution in [0.3, 0.4) is 0 Å². The Labute approximate surface area is 198 Å². The number of hydrogen-bond acceptors (Lipinski definition) is 5. The molecule has 2 aliphatic rings. The topological polar surface area (TPSA) is 96.5 Å². The van der Waals surface area contributed by atoms with E-state index < -0.39 is 5.60 Å². The van der Waals surface area contributed by atoms with Gasteiger partial charge in [-0.15, -0.1) is 0 Å². The maximum atomic E-state index is 12.5. The number of H-pyrrole nitrogens is 1. The molecule has 2 amide bonds. The smallest absolute Gasteiger partial charge is 0.410 e. The zero-order chi connectivity index (χ0) is 23.9. The number of likely N-dealkylation sites (tertiary alicyclic amines) is 1. The molecule has 2 aromatic heterocycles. The minimum Gasteiger partial charge on any atom is -0.472 e. The van der Waals surface area contributed by atoms with Crippen LogP contribution in [-0.2, 0) is 11.2 Å². The summed E-state index contributed by atoms with van der Waals surface area (Å²) in [7, 11) is 0. The molecular weight excluding hydrogens is 432 g/mol. The Morgan fingerprint density at radius 2 is 2.03 bits per heavy atom. The van der Waals surface area contributed by atoms with Crippen LogP contribution in [0, 0.1) is 0 Å². The van der Waals surface area contributed by atoms with Crippen LogP contribution >= 0.6 is 0 Å². The number of amides is 2. The van der Waals surface area contributed by atoms with Gasteiger partial charge in [-0.2, -0.15) is 0 Å². The SMILES string of the molecule is CC(C)(C)OC(=O)N1CCCC(Oc2ccc3cccc(-c4cc5c([nH]4)CCNC5=O)c3n2)C1. The van der Waals surface area contributed by atoms with E-state index in [9.17, 15) is 9.59 Å². The van der Waals surface area contributed by atoms with Crippen molar-refractivity contribution in [2.75, 3.05) is 19.6 Å². The molecule has 34 heavy (non-hydrogen) atoms. The van der Waals surface area contributed by atoms with Gasteiger partial charge < -0.3 is 24.7 Å². The molecule has 3 aromatic rings. The molecular formula is C26H30N4O4. The lowest BCUT2D eigenvalue weighted by atomic mass is 10.1. The predicted molar refractivity (Wildman–Crippen MR) is 129 cm³/mol. The fourth-order valence-corrected chi connectivity index (χ4v) is 4.55. The molecule has 0 aliphatic carbocycles. The molecule has 0 bridgehead atoms. The number of aromatic nitrogens is 2. The van der Waals surface area contributed by atoms with Gasteiger partial charge in [0.25, 0.3) is 5.91 Å². The van der Waals surface area contributed by atoms with Crippen LogP contribution in [0.15, 0.2) is 36.4 Å². The second-order valence-corrected chi connectivity index (χ2v) is 9.92. The molecule has 2 aliphatic heterocycles. The van der Waals surface area contributed by atoms with E-state index in [0.29, 0.717) is 31.1 Å². The lowest BCUT2D eigenvalue weighted by Gasteiger charge is -2.34. The minimum absolute atomic E-state index is 0.0483. The van der Waals surface area contributed by atoms with Crippen molar-refractivity contribution in [3.8, 4) is 17.1 Å². The Balaban J connectivity index is 1.38. The van der Waals surface area contributed by atoms with Crippen molar-refractivity contribution >= 4 is 22.9 Å². The quantitative estimate of drug-likeness (QED) is 0.605. The third kappa shape index (κ3) is 4.58. The highest BCUT2D eigenvalue weighted by Gasteiger charge is 2.29. The number of para-hydroxylation sites is 1. The summed E-state index contributed by atoms with van der Waals surface area (Å²) in [5, 5.41) is 3.87. The van der Waals surface area contributed by atoms with Crippen molar-refractivity contribution in [1.82, 2.24) is 20.2 Å². The standard InChI is InChI=1S/C26H30N4O4/c1-26(2,3)34-25(32)30-13-5-7-17(15-30)33-22-10-9-16-6-4-8-18(23(16)29-22)21-14-19-20(28-21)11-12-27-24(19)31/h4,6,8-10,14,17,28H,5,7,11-13,15H2,1-3H3,(H,27,31). The first kappa shape index (κ1) is 22.3. The highest BCUT2D eigenvalue weighted by Crippen LogP contribution is 2.31. The molecule has 8 heteroatoms. The number of rotatable bonds is 3. The van der Waals surface area contributed by atoms with E-state index in [2.05, 4.69) is 10.3 Å². The van der Waals surface area contributed by atoms with Crippen LogP contribution in [0.2, 0.25) is 0 Å². The van der Waals surface area contributed by atoms with E-state index in [4.69, 9.17) is 14.5 Å². The Morgan fingerprint density at radius 3 is 2.82 bits per heavy atom. The Morgan fingerprint density at radius 1 is 1.18 bits per heavy atom. The van der Waals surface area contributed by atoms with Gasteiger partial charge in [-0.1, -0.05) is 18.2 Å². The lowest BCUT2D eigenvalue weighted by molar-refractivity contribution is 0.00725. The average Bonchev–Trinajstić information content (AvgIpc) is 3.23. The first-order valence-electron chi connectivity index (χ1n) is 11.8. The van der Waals surface area contributed by atoms with Gasteiger partial charge >= 0.3 is 6.09 Å². The highest BCUT2D eigenvalue weighted by atomic mass is 16.6. The maximum Gasteiger partial charge on any atom is 0.410 e. The van der Waals surface area contributed by atoms with Crippen LogP contribution in [0.4, 0.5) is 4.79 Å². The molecule has 1 saturated heterocycles. The summed E-state index contributed by atoms with van der Waals surface area (Å²) in [6, 6.07) is 11.7. The van der Waals surface area contributed by atoms with E-state index in [1.165, 1.54) is 0 Å². The lowest BCUT2D eigenvalue weighted by Crippen LogP contribution is -2.46. The third-order valence-electron chi connectivity index (χ3n) is 6.11. The second-order valence-electron chi connectivity index (χ2n) is 9.92. The molecule has 0 saturated carbocycles. The fourth-order valence-electron chi connectivity index (χ4n) is 4.55. The van der Waals surface area contributed by atoms with Crippen LogP contribution < -0.4 is 10.1 Å². The first-order valence-corrected chi connectivity index (χ1v) is 11.8. The highest BCUT2D eigenvalue weighted by molar-refractivity contribution is 6.00. The summed E-state index contributed by atoms with van der Waals surface area (Å²) in [5.74, 6) is 0.470. The normalized spacial score (nSPS) is 18.4. The average molecular weight is 463 g/mol. The summed E-state index contributed by atoms with van der Waals surface area (Å²) in [6.45, 7) is 7.37. The fraction of sp³-hybridized carbons (Fsp3) is 0.423. The molecule has 0 spiro atoms.